The fourth-order valence-corrected chi connectivity index (χ4v) is 3.76. The minimum atomic E-state index is -0.147. The minimum Gasteiger partial charge on any atom is -0.497 e. The lowest BCUT2D eigenvalue weighted by Crippen LogP contribution is -2.15. The molecule has 2 saturated carbocycles. The summed E-state index contributed by atoms with van der Waals surface area (Å²) in [5.41, 5.74) is 1.21. The number of rotatable bonds is 4. The molecule has 0 spiro atoms. The lowest BCUT2D eigenvalue weighted by molar-refractivity contribution is 0.140. The van der Waals surface area contributed by atoms with Crippen molar-refractivity contribution in [1.82, 2.24) is 0 Å². The van der Waals surface area contributed by atoms with Gasteiger partial charge in [0.2, 0.25) is 0 Å². The van der Waals surface area contributed by atoms with E-state index in [2.05, 4.69) is 12.1 Å². The highest BCUT2D eigenvalue weighted by Crippen LogP contribution is 2.57. The van der Waals surface area contributed by atoms with Crippen molar-refractivity contribution < 1.29 is 9.84 Å². The van der Waals surface area contributed by atoms with E-state index in [1.165, 1.54) is 31.2 Å². The summed E-state index contributed by atoms with van der Waals surface area (Å²) in [7, 11) is 1.68. The molecule has 2 aliphatic carbocycles. The first kappa shape index (κ1) is 12.0. The fourth-order valence-electron chi connectivity index (χ4n) is 3.76. The van der Waals surface area contributed by atoms with Crippen LogP contribution in [-0.4, -0.2) is 18.3 Å². The number of hydrogen-bond donors (Lipinski definition) is 1. The molecule has 3 atom stereocenters. The molecule has 2 aliphatic rings. The highest BCUT2D eigenvalue weighted by Gasteiger charge is 2.53. The molecule has 0 amide bonds. The average molecular weight is 246 g/mol. The van der Waals surface area contributed by atoms with E-state index in [4.69, 9.17) is 4.74 Å². The van der Waals surface area contributed by atoms with Gasteiger partial charge in [0.1, 0.15) is 5.75 Å². The first-order chi connectivity index (χ1) is 8.79. The van der Waals surface area contributed by atoms with Crippen LogP contribution < -0.4 is 4.74 Å². The van der Waals surface area contributed by atoms with Crippen molar-refractivity contribution in [2.24, 2.45) is 17.8 Å². The van der Waals surface area contributed by atoms with Gasteiger partial charge in [-0.25, -0.2) is 0 Å². The Morgan fingerprint density at radius 1 is 1.17 bits per heavy atom. The largest absolute Gasteiger partial charge is 0.497 e. The molecule has 0 saturated heterocycles. The van der Waals surface area contributed by atoms with Gasteiger partial charge in [-0.3, -0.25) is 0 Å². The lowest BCUT2D eigenvalue weighted by Gasteiger charge is -2.11. The Morgan fingerprint density at radius 2 is 1.78 bits per heavy atom. The molecule has 0 radical (unpaired) electrons. The molecule has 0 aromatic heterocycles. The van der Waals surface area contributed by atoms with E-state index in [-0.39, 0.29) is 6.10 Å². The predicted octanol–water partition coefficient (Wildman–Crippen LogP) is 3.03. The van der Waals surface area contributed by atoms with Gasteiger partial charge in [-0.1, -0.05) is 25.0 Å². The van der Waals surface area contributed by atoms with Gasteiger partial charge in [-0.05, 0) is 54.7 Å². The Hall–Kier alpha value is -1.02. The average Bonchev–Trinajstić information content (AvgIpc) is 3.14. The molecule has 1 aromatic rings. The third kappa shape index (κ3) is 2.26. The van der Waals surface area contributed by atoms with Crippen molar-refractivity contribution in [1.29, 1.82) is 0 Å². The van der Waals surface area contributed by atoms with Gasteiger partial charge in [0, 0.05) is 0 Å². The molecule has 2 heteroatoms. The highest BCUT2D eigenvalue weighted by molar-refractivity contribution is 5.27. The Morgan fingerprint density at radius 3 is 2.33 bits per heavy atom. The summed E-state index contributed by atoms with van der Waals surface area (Å²) in [5, 5.41) is 10.4. The molecular formula is C16H22O2. The zero-order valence-corrected chi connectivity index (χ0v) is 11.0. The van der Waals surface area contributed by atoms with Crippen LogP contribution in [0.4, 0.5) is 0 Å². The second kappa shape index (κ2) is 4.93. The number of benzene rings is 1. The van der Waals surface area contributed by atoms with Gasteiger partial charge >= 0.3 is 0 Å². The van der Waals surface area contributed by atoms with Crippen LogP contribution in [-0.2, 0) is 6.42 Å². The Bertz CT molecular complexity index is 386. The van der Waals surface area contributed by atoms with Crippen molar-refractivity contribution in [2.75, 3.05) is 7.11 Å². The maximum absolute atomic E-state index is 10.4. The molecule has 0 aliphatic heterocycles. The van der Waals surface area contributed by atoms with Crippen LogP contribution in [0.3, 0.4) is 0 Å². The highest BCUT2D eigenvalue weighted by atomic mass is 16.5. The summed E-state index contributed by atoms with van der Waals surface area (Å²) in [4.78, 5) is 0. The van der Waals surface area contributed by atoms with Gasteiger partial charge in [0.25, 0.3) is 0 Å². The first-order valence-electron chi connectivity index (χ1n) is 7.10. The number of methoxy groups -OCH3 is 1. The second-order valence-electron chi connectivity index (χ2n) is 5.81. The van der Waals surface area contributed by atoms with E-state index in [1.54, 1.807) is 7.11 Å². The van der Waals surface area contributed by atoms with Crippen LogP contribution in [0.1, 0.15) is 31.2 Å². The van der Waals surface area contributed by atoms with Crippen molar-refractivity contribution in [2.45, 2.75) is 38.2 Å². The van der Waals surface area contributed by atoms with Crippen molar-refractivity contribution >= 4 is 0 Å². The molecule has 18 heavy (non-hydrogen) atoms. The lowest BCUT2D eigenvalue weighted by atomic mass is 10.0. The van der Waals surface area contributed by atoms with Crippen LogP contribution >= 0.6 is 0 Å². The number of hydrogen-bond acceptors (Lipinski definition) is 2. The van der Waals surface area contributed by atoms with Gasteiger partial charge in [-0.15, -0.1) is 0 Å². The molecule has 2 fully saturated rings. The fraction of sp³-hybridized carbons (Fsp3) is 0.625. The summed E-state index contributed by atoms with van der Waals surface area (Å²) in [6.07, 6.45) is 6.07. The summed E-state index contributed by atoms with van der Waals surface area (Å²) < 4.78 is 5.15. The van der Waals surface area contributed by atoms with Crippen molar-refractivity contribution in [3.05, 3.63) is 29.8 Å². The van der Waals surface area contributed by atoms with E-state index in [0.29, 0.717) is 5.92 Å². The zero-order valence-electron chi connectivity index (χ0n) is 11.0. The van der Waals surface area contributed by atoms with Crippen molar-refractivity contribution in [3.63, 3.8) is 0 Å². The molecule has 0 bridgehead atoms. The van der Waals surface area contributed by atoms with Crippen LogP contribution in [0, 0.1) is 17.8 Å². The zero-order chi connectivity index (χ0) is 12.5. The van der Waals surface area contributed by atoms with E-state index < -0.39 is 0 Å². The Kier molecular flexibility index (Phi) is 3.29. The maximum atomic E-state index is 10.4. The number of aliphatic hydroxyl groups is 1. The predicted molar refractivity (Wildman–Crippen MR) is 71.6 cm³/mol. The Balaban J connectivity index is 1.58. The monoisotopic (exact) mass is 246 g/mol. The summed E-state index contributed by atoms with van der Waals surface area (Å²) in [6.45, 7) is 0. The van der Waals surface area contributed by atoms with Gasteiger partial charge in [0.15, 0.2) is 0 Å². The third-order valence-corrected chi connectivity index (χ3v) is 4.77. The van der Waals surface area contributed by atoms with Crippen molar-refractivity contribution in [3.8, 4) is 5.75 Å². The summed E-state index contributed by atoms with van der Waals surface area (Å²) in [6, 6.07) is 8.08. The molecular weight excluding hydrogens is 224 g/mol. The van der Waals surface area contributed by atoms with Gasteiger partial charge in [0.05, 0.1) is 13.2 Å². The quantitative estimate of drug-likeness (QED) is 0.885. The van der Waals surface area contributed by atoms with Gasteiger partial charge in [-0.2, -0.15) is 0 Å². The Labute approximate surface area is 109 Å². The van der Waals surface area contributed by atoms with Crippen LogP contribution in [0.5, 0.6) is 5.75 Å². The van der Waals surface area contributed by atoms with E-state index in [9.17, 15) is 5.11 Å². The van der Waals surface area contributed by atoms with E-state index in [1.807, 2.05) is 12.1 Å². The van der Waals surface area contributed by atoms with E-state index in [0.717, 1.165) is 24.0 Å². The molecule has 1 aromatic carbocycles. The topological polar surface area (TPSA) is 29.5 Å². The number of fused-ring (bicyclic) bond motifs is 1. The minimum absolute atomic E-state index is 0.147. The summed E-state index contributed by atoms with van der Waals surface area (Å²) >= 11 is 0. The maximum Gasteiger partial charge on any atom is 0.118 e. The van der Waals surface area contributed by atoms with Gasteiger partial charge < -0.3 is 9.84 Å². The molecule has 3 unspecified atom stereocenters. The molecule has 1 N–H and O–H groups in total. The SMILES string of the molecule is COc1ccc(CC(O)C2C3CCCCC32)cc1. The summed E-state index contributed by atoms with van der Waals surface area (Å²) in [5.74, 6) is 3.11. The molecule has 98 valence electrons. The smallest absolute Gasteiger partial charge is 0.118 e. The molecule has 3 rings (SSSR count). The standard InChI is InChI=1S/C16H22O2/c1-18-12-8-6-11(7-9-12)10-15(17)16-13-4-2-3-5-14(13)16/h6-9,13-17H,2-5,10H2,1H3. The van der Waals surface area contributed by atoms with Crippen LogP contribution in [0.15, 0.2) is 24.3 Å². The number of aliphatic hydroxyl groups excluding tert-OH is 1. The number of ether oxygens (including phenoxy) is 1. The van der Waals surface area contributed by atoms with Crippen LogP contribution in [0.2, 0.25) is 0 Å². The normalized spacial score (nSPS) is 31.6. The van der Waals surface area contributed by atoms with E-state index >= 15 is 0 Å². The van der Waals surface area contributed by atoms with Crippen LogP contribution in [0.25, 0.3) is 0 Å². The second-order valence-corrected chi connectivity index (χ2v) is 5.81. The molecule has 2 nitrogen and oxygen atoms in total. The molecule has 0 heterocycles. The first-order valence-corrected chi connectivity index (χ1v) is 7.10. The third-order valence-electron chi connectivity index (χ3n) is 4.77.